The Balaban J connectivity index is 1.64. The van der Waals surface area contributed by atoms with Gasteiger partial charge in [-0.05, 0) is 48.4 Å². The largest absolute Gasteiger partial charge is 0.493 e. The van der Waals surface area contributed by atoms with Gasteiger partial charge in [0.2, 0.25) is 5.88 Å². The van der Waals surface area contributed by atoms with E-state index in [1.165, 1.54) is 18.5 Å². The molecule has 3 aromatic rings. The van der Waals surface area contributed by atoms with E-state index >= 15 is 0 Å². The van der Waals surface area contributed by atoms with Crippen molar-refractivity contribution in [3.63, 3.8) is 0 Å². The van der Waals surface area contributed by atoms with Crippen LogP contribution in [0, 0.1) is 5.82 Å². The van der Waals surface area contributed by atoms with Crippen LogP contribution in [0.25, 0.3) is 0 Å². The van der Waals surface area contributed by atoms with E-state index in [4.69, 9.17) is 14.2 Å². The van der Waals surface area contributed by atoms with E-state index in [9.17, 15) is 4.39 Å². The molecular weight excluding hydrogens is 361 g/mol. The molecule has 28 heavy (non-hydrogen) atoms. The molecular formula is C21H22FN3O3. The van der Waals surface area contributed by atoms with Crippen LogP contribution in [0.5, 0.6) is 23.1 Å². The maximum Gasteiger partial charge on any atom is 0.224 e. The zero-order chi connectivity index (χ0) is 19.9. The van der Waals surface area contributed by atoms with Gasteiger partial charge in [-0.2, -0.15) is 0 Å². The number of anilines is 1. The monoisotopic (exact) mass is 383 g/mol. The van der Waals surface area contributed by atoms with Gasteiger partial charge in [-0.1, -0.05) is 6.07 Å². The molecule has 3 rings (SSSR count). The van der Waals surface area contributed by atoms with E-state index < -0.39 is 0 Å². The highest BCUT2D eigenvalue weighted by Crippen LogP contribution is 2.28. The Morgan fingerprint density at radius 1 is 0.929 bits per heavy atom. The molecule has 0 unspecified atom stereocenters. The summed E-state index contributed by atoms with van der Waals surface area (Å²) in [4.78, 5) is 10.4. The van der Waals surface area contributed by atoms with E-state index in [0.717, 1.165) is 24.3 Å². The molecule has 0 aliphatic heterocycles. The Morgan fingerprint density at radius 3 is 2.39 bits per heavy atom. The van der Waals surface area contributed by atoms with Gasteiger partial charge in [-0.3, -0.25) is 0 Å². The van der Waals surface area contributed by atoms with Gasteiger partial charge in [0.25, 0.3) is 0 Å². The van der Waals surface area contributed by atoms with Gasteiger partial charge in [-0.25, -0.2) is 14.4 Å². The van der Waals surface area contributed by atoms with Crippen LogP contribution in [0.3, 0.4) is 0 Å². The average molecular weight is 383 g/mol. The molecule has 1 heterocycles. The Bertz CT molecular complexity index is 919. The van der Waals surface area contributed by atoms with Crippen molar-refractivity contribution in [1.82, 2.24) is 9.97 Å². The van der Waals surface area contributed by atoms with Gasteiger partial charge >= 0.3 is 0 Å². The zero-order valence-corrected chi connectivity index (χ0v) is 16.1. The highest BCUT2D eigenvalue weighted by molar-refractivity contribution is 5.44. The number of likely N-dealkylation sites (N-methyl/N-ethyl adjacent to an activating group) is 1. The maximum absolute atomic E-state index is 13.0. The first kappa shape index (κ1) is 19.4. The van der Waals surface area contributed by atoms with Crippen LogP contribution in [0.4, 0.5) is 10.2 Å². The molecule has 2 aromatic carbocycles. The number of methoxy groups -OCH3 is 2. The van der Waals surface area contributed by atoms with Crippen molar-refractivity contribution in [1.29, 1.82) is 0 Å². The number of hydrogen-bond acceptors (Lipinski definition) is 6. The molecule has 0 atom stereocenters. The summed E-state index contributed by atoms with van der Waals surface area (Å²) >= 11 is 0. The van der Waals surface area contributed by atoms with Crippen LogP contribution in [-0.4, -0.2) is 37.8 Å². The average Bonchev–Trinajstić information content (AvgIpc) is 2.73. The van der Waals surface area contributed by atoms with Crippen LogP contribution >= 0.6 is 0 Å². The number of nitrogens with zero attached hydrogens (tertiary/aromatic N) is 3. The summed E-state index contributed by atoms with van der Waals surface area (Å²) in [5.74, 6) is 2.74. The minimum Gasteiger partial charge on any atom is -0.493 e. The summed E-state index contributed by atoms with van der Waals surface area (Å²) in [5.41, 5.74) is 1.13. The maximum atomic E-state index is 13.0. The molecule has 0 aliphatic carbocycles. The number of halogens is 1. The second-order valence-corrected chi connectivity index (χ2v) is 6.13. The van der Waals surface area contributed by atoms with Crippen molar-refractivity contribution in [2.24, 2.45) is 0 Å². The van der Waals surface area contributed by atoms with Gasteiger partial charge in [0, 0.05) is 19.7 Å². The van der Waals surface area contributed by atoms with Crippen LogP contribution < -0.4 is 19.1 Å². The molecule has 0 N–H and O–H groups in total. The summed E-state index contributed by atoms with van der Waals surface area (Å²) < 4.78 is 29.3. The topological polar surface area (TPSA) is 56.7 Å². The predicted octanol–water partition coefficient (Wildman–Crippen LogP) is 4.10. The highest BCUT2D eigenvalue weighted by atomic mass is 19.1. The Kier molecular flexibility index (Phi) is 6.26. The van der Waals surface area contributed by atoms with Crippen molar-refractivity contribution in [3.05, 3.63) is 66.2 Å². The van der Waals surface area contributed by atoms with Crippen molar-refractivity contribution in [2.45, 2.75) is 6.42 Å². The van der Waals surface area contributed by atoms with E-state index in [1.807, 2.05) is 30.1 Å². The Morgan fingerprint density at radius 2 is 1.68 bits per heavy atom. The first-order valence-electron chi connectivity index (χ1n) is 8.76. The van der Waals surface area contributed by atoms with Gasteiger partial charge in [-0.15, -0.1) is 0 Å². The summed E-state index contributed by atoms with van der Waals surface area (Å²) in [6.07, 6.45) is 2.25. The number of benzene rings is 2. The molecule has 7 heteroatoms. The quantitative estimate of drug-likeness (QED) is 0.584. The van der Waals surface area contributed by atoms with Gasteiger partial charge < -0.3 is 19.1 Å². The third-order valence-electron chi connectivity index (χ3n) is 4.24. The molecule has 6 nitrogen and oxygen atoms in total. The molecule has 146 valence electrons. The fraction of sp³-hybridized carbons (Fsp3) is 0.238. The van der Waals surface area contributed by atoms with E-state index in [2.05, 4.69) is 9.97 Å². The second kappa shape index (κ2) is 9.03. The molecule has 0 bridgehead atoms. The third kappa shape index (κ3) is 4.88. The fourth-order valence-corrected chi connectivity index (χ4v) is 2.67. The van der Waals surface area contributed by atoms with Crippen LogP contribution in [0.15, 0.2) is 54.9 Å². The summed E-state index contributed by atoms with van der Waals surface area (Å²) in [5, 5.41) is 0. The number of ether oxygens (including phenoxy) is 3. The molecule has 0 saturated heterocycles. The lowest BCUT2D eigenvalue weighted by atomic mass is 10.1. The Labute approximate surface area is 163 Å². The standard InChI is InChI=1S/C21H22FN3O3/c1-25(11-10-15-4-9-18(26-2)19(12-15)27-3)20-13-21(24-14-23-20)28-17-7-5-16(22)6-8-17/h4-9,12-14H,10-11H2,1-3H3. The summed E-state index contributed by atoms with van der Waals surface area (Å²) in [7, 11) is 5.19. The SMILES string of the molecule is COc1ccc(CCN(C)c2cc(Oc3ccc(F)cc3)ncn2)cc1OC. The van der Waals surface area contributed by atoms with Crippen molar-refractivity contribution in [3.8, 4) is 23.1 Å². The second-order valence-electron chi connectivity index (χ2n) is 6.13. The van der Waals surface area contributed by atoms with Crippen LogP contribution in [0.1, 0.15) is 5.56 Å². The fourth-order valence-electron chi connectivity index (χ4n) is 2.67. The minimum atomic E-state index is -0.314. The minimum absolute atomic E-state index is 0.314. The van der Waals surface area contributed by atoms with Crippen LogP contribution in [0.2, 0.25) is 0 Å². The number of rotatable bonds is 8. The summed E-state index contributed by atoms with van der Waals surface area (Å²) in [6, 6.07) is 13.4. The first-order chi connectivity index (χ1) is 13.6. The molecule has 0 spiro atoms. The van der Waals surface area contributed by atoms with Crippen molar-refractivity contribution in [2.75, 3.05) is 32.7 Å². The Hall–Kier alpha value is -3.35. The molecule has 0 amide bonds. The summed E-state index contributed by atoms with van der Waals surface area (Å²) in [6.45, 7) is 0.739. The number of hydrogen-bond donors (Lipinski definition) is 0. The van der Waals surface area contributed by atoms with Crippen molar-refractivity contribution < 1.29 is 18.6 Å². The normalized spacial score (nSPS) is 10.4. The molecule has 1 aromatic heterocycles. The lowest BCUT2D eigenvalue weighted by Crippen LogP contribution is -2.21. The smallest absolute Gasteiger partial charge is 0.224 e. The van der Waals surface area contributed by atoms with E-state index in [1.54, 1.807) is 32.4 Å². The highest BCUT2D eigenvalue weighted by Gasteiger charge is 2.09. The molecule has 0 fully saturated rings. The lowest BCUT2D eigenvalue weighted by Gasteiger charge is -2.19. The molecule has 0 saturated carbocycles. The number of aromatic nitrogens is 2. The van der Waals surface area contributed by atoms with Gasteiger partial charge in [0.1, 0.15) is 23.7 Å². The van der Waals surface area contributed by atoms with Crippen LogP contribution in [-0.2, 0) is 6.42 Å². The van der Waals surface area contributed by atoms with E-state index in [0.29, 0.717) is 23.1 Å². The lowest BCUT2D eigenvalue weighted by molar-refractivity contribution is 0.354. The first-order valence-corrected chi connectivity index (χ1v) is 8.76. The van der Waals surface area contributed by atoms with E-state index in [-0.39, 0.29) is 5.82 Å². The molecule has 0 radical (unpaired) electrons. The molecule has 0 aliphatic rings. The van der Waals surface area contributed by atoms with Gasteiger partial charge in [0.15, 0.2) is 11.5 Å². The third-order valence-corrected chi connectivity index (χ3v) is 4.24. The zero-order valence-electron chi connectivity index (χ0n) is 16.1. The predicted molar refractivity (Wildman–Crippen MR) is 105 cm³/mol. The van der Waals surface area contributed by atoms with Gasteiger partial charge in [0.05, 0.1) is 14.2 Å². The van der Waals surface area contributed by atoms with Crippen molar-refractivity contribution >= 4 is 5.82 Å².